The van der Waals surface area contributed by atoms with Gasteiger partial charge in [-0.3, -0.25) is 0 Å². The van der Waals surface area contributed by atoms with Crippen molar-refractivity contribution in [3.05, 3.63) is 0 Å². The number of methoxy groups -OCH3 is 1. The number of rotatable bonds is 10. The van der Waals surface area contributed by atoms with Gasteiger partial charge in [0.25, 0.3) is 0 Å². The number of nitrogens with one attached hydrogen (secondary N) is 1. The van der Waals surface area contributed by atoms with E-state index in [0.29, 0.717) is 12.6 Å². The molecule has 0 fully saturated rings. The first-order valence-electron chi connectivity index (χ1n) is 5.64. The third kappa shape index (κ3) is 10.1. The van der Waals surface area contributed by atoms with Crippen LogP contribution in [0.15, 0.2) is 0 Å². The fraction of sp³-hybridized carbons (Fsp3) is 1.00. The minimum absolute atomic E-state index is 0.146. The lowest BCUT2D eigenvalue weighted by atomic mass is 10.2. The van der Waals surface area contributed by atoms with Crippen molar-refractivity contribution in [2.45, 2.75) is 38.8 Å². The zero-order valence-electron chi connectivity index (χ0n) is 10.2. The summed E-state index contributed by atoms with van der Waals surface area (Å²) in [5.41, 5.74) is 0. The van der Waals surface area contributed by atoms with Gasteiger partial charge < -0.3 is 19.9 Å². The van der Waals surface area contributed by atoms with E-state index in [0.717, 1.165) is 26.1 Å². The van der Waals surface area contributed by atoms with Gasteiger partial charge in [-0.1, -0.05) is 13.8 Å². The predicted molar refractivity (Wildman–Crippen MR) is 61.1 cm³/mol. The van der Waals surface area contributed by atoms with Crippen LogP contribution < -0.4 is 5.32 Å². The Morgan fingerprint density at radius 3 is 2.47 bits per heavy atom. The van der Waals surface area contributed by atoms with E-state index in [9.17, 15) is 0 Å². The monoisotopic (exact) mass is 219 g/mol. The Labute approximate surface area is 93.0 Å². The molecule has 0 amide bonds. The van der Waals surface area contributed by atoms with E-state index in [1.165, 1.54) is 0 Å². The Hall–Kier alpha value is -0.160. The van der Waals surface area contributed by atoms with Crippen LogP contribution in [0.3, 0.4) is 0 Å². The van der Waals surface area contributed by atoms with Crippen molar-refractivity contribution < 1.29 is 14.6 Å². The summed E-state index contributed by atoms with van der Waals surface area (Å²) in [6, 6.07) is 0.545. The molecule has 15 heavy (non-hydrogen) atoms. The smallest absolute Gasteiger partial charge is 0.0585 e. The molecule has 0 aliphatic carbocycles. The lowest BCUT2D eigenvalue weighted by Gasteiger charge is -2.18. The highest BCUT2D eigenvalue weighted by Gasteiger charge is 2.07. The van der Waals surface area contributed by atoms with Crippen LogP contribution in [0.2, 0.25) is 0 Å². The van der Waals surface area contributed by atoms with Gasteiger partial charge in [-0.2, -0.15) is 0 Å². The van der Waals surface area contributed by atoms with Crippen molar-refractivity contribution in [3.63, 3.8) is 0 Å². The maximum absolute atomic E-state index is 9.08. The molecule has 0 spiro atoms. The fourth-order valence-corrected chi connectivity index (χ4v) is 1.33. The minimum atomic E-state index is 0.146. The topological polar surface area (TPSA) is 50.7 Å². The molecule has 0 heterocycles. The zero-order chi connectivity index (χ0) is 11.5. The average Bonchev–Trinajstić information content (AvgIpc) is 2.20. The molecule has 4 nitrogen and oxygen atoms in total. The molecule has 0 aliphatic heterocycles. The van der Waals surface area contributed by atoms with Crippen LogP contribution in [-0.4, -0.2) is 50.7 Å². The Morgan fingerprint density at radius 2 is 1.93 bits per heavy atom. The van der Waals surface area contributed by atoms with Crippen LogP contribution in [0, 0.1) is 0 Å². The summed E-state index contributed by atoms with van der Waals surface area (Å²) in [7, 11) is 1.69. The summed E-state index contributed by atoms with van der Waals surface area (Å²) in [6.45, 7) is 6.47. The summed E-state index contributed by atoms with van der Waals surface area (Å²) >= 11 is 0. The van der Waals surface area contributed by atoms with Gasteiger partial charge in [0.15, 0.2) is 0 Å². The number of aliphatic hydroxyl groups excluding tert-OH is 1. The standard InChI is InChI=1S/C11H25NO3/c1-10(2)12-11(9-13)5-8-15-7-4-6-14-3/h10-13H,4-9H2,1-3H3. The molecule has 92 valence electrons. The van der Waals surface area contributed by atoms with E-state index >= 15 is 0 Å². The first-order chi connectivity index (χ1) is 7.20. The number of aliphatic hydroxyl groups is 1. The molecule has 2 N–H and O–H groups in total. The summed E-state index contributed by atoms with van der Waals surface area (Å²) in [5.74, 6) is 0. The van der Waals surface area contributed by atoms with Crippen LogP contribution in [0.4, 0.5) is 0 Å². The molecule has 0 saturated carbocycles. The second kappa shape index (κ2) is 10.4. The molecule has 0 aliphatic rings. The second-order valence-electron chi connectivity index (χ2n) is 3.95. The third-order valence-corrected chi connectivity index (χ3v) is 2.04. The summed E-state index contributed by atoms with van der Waals surface area (Å²) in [4.78, 5) is 0. The molecule has 0 radical (unpaired) electrons. The number of hydrogen-bond acceptors (Lipinski definition) is 4. The summed E-state index contributed by atoms with van der Waals surface area (Å²) in [5, 5.41) is 12.4. The van der Waals surface area contributed by atoms with Gasteiger partial charge in [-0.05, 0) is 12.8 Å². The maximum Gasteiger partial charge on any atom is 0.0585 e. The first kappa shape index (κ1) is 14.8. The van der Waals surface area contributed by atoms with Crippen molar-refractivity contribution in [1.29, 1.82) is 0 Å². The van der Waals surface area contributed by atoms with E-state index in [2.05, 4.69) is 19.2 Å². The molecule has 1 atom stereocenters. The Kier molecular flexibility index (Phi) is 10.3. The van der Waals surface area contributed by atoms with Gasteiger partial charge in [-0.25, -0.2) is 0 Å². The molecule has 0 rings (SSSR count). The Balaban J connectivity index is 3.30. The van der Waals surface area contributed by atoms with Gasteiger partial charge in [0.1, 0.15) is 0 Å². The number of hydrogen-bond donors (Lipinski definition) is 2. The van der Waals surface area contributed by atoms with Crippen LogP contribution in [0.1, 0.15) is 26.7 Å². The molecule has 0 aromatic heterocycles. The van der Waals surface area contributed by atoms with Gasteiger partial charge in [0.2, 0.25) is 0 Å². The number of ether oxygens (including phenoxy) is 2. The van der Waals surface area contributed by atoms with E-state index in [1.54, 1.807) is 7.11 Å². The quantitative estimate of drug-likeness (QED) is 0.533. The SMILES string of the molecule is COCCCOCCC(CO)NC(C)C. The van der Waals surface area contributed by atoms with Crippen LogP contribution in [-0.2, 0) is 9.47 Å². The molecule has 0 saturated heterocycles. The molecule has 0 aromatic rings. The predicted octanol–water partition coefficient (Wildman–Crippen LogP) is 0.788. The summed E-state index contributed by atoms with van der Waals surface area (Å²) < 4.78 is 10.3. The molecule has 1 unspecified atom stereocenters. The average molecular weight is 219 g/mol. The van der Waals surface area contributed by atoms with Gasteiger partial charge in [0, 0.05) is 39.0 Å². The van der Waals surface area contributed by atoms with Gasteiger partial charge in [0.05, 0.1) is 6.61 Å². The van der Waals surface area contributed by atoms with Crippen molar-refractivity contribution in [1.82, 2.24) is 5.32 Å². The largest absolute Gasteiger partial charge is 0.395 e. The molecule has 4 heteroatoms. The normalized spacial score (nSPS) is 13.4. The van der Waals surface area contributed by atoms with E-state index in [4.69, 9.17) is 14.6 Å². The van der Waals surface area contributed by atoms with Crippen LogP contribution in [0.5, 0.6) is 0 Å². The molecule has 0 bridgehead atoms. The Morgan fingerprint density at radius 1 is 1.20 bits per heavy atom. The van der Waals surface area contributed by atoms with E-state index < -0.39 is 0 Å². The first-order valence-corrected chi connectivity index (χ1v) is 5.64. The molecule has 0 aromatic carbocycles. The van der Waals surface area contributed by atoms with Gasteiger partial charge in [-0.15, -0.1) is 0 Å². The Bertz CT molecular complexity index is 131. The third-order valence-electron chi connectivity index (χ3n) is 2.04. The zero-order valence-corrected chi connectivity index (χ0v) is 10.2. The van der Waals surface area contributed by atoms with Crippen LogP contribution >= 0.6 is 0 Å². The highest BCUT2D eigenvalue weighted by atomic mass is 16.5. The maximum atomic E-state index is 9.08. The van der Waals surface area contributed by atoms with Crippen molar-refractivity contribution in [3.8, 4) is 0 Å². The van der Waals surface area contributed by atoms with Crippen molar-refractivity contribution in [2.75, 3.05) is 33.5 Å². The van der Waals surface area contributed by atoms with E-state index in [-0.39, 0.29) is 12.6 Å². The van der Waals surface area contributed by atoms with Crippen molar-refractivity contribution in [2.24, 2.45) is 0 Å². The highest BCUT2D eigenvalue weighted by Crippen LogP contribution is 1.95. The van der Waals surface area contributed by atoms with E-state index in [1.807, 2.05) is 0 Å². The van der Waals surface area contributed by atoms with Crippen molar-refractivity contribution >= 4 is 0 Å². The second-order valence-corrected chi connectivity index (χ2v) is 3.95. The fourth-order valence-electron chi connectivity index (χ4n) is 1.33. The molecular weight excluding hydrogens is 194 g/mol. The van der Waals surface area contributed by atoms with Crippen LogP contribution in [0.25, 0.3) is 0 Å². The lowest BCUT2D eigenvalue weighted by Crippen LogP contribution is -2.38. The molecular formula is C11H25NO3. The van der Waals surface area contributed by atoms with Gasteiger partial charge >= 0.3 is 0 Å². The highest BCUT2D eigenvalue weighted by molar-refractivity contribution is 4.67. The summed E-state index contributed by atoms with van der Waals surface area (Å²) in [6.07, 6.45) is 1.78. The minimum Gasteiger partial charge on any atom is -0.395 e. The lowest BCUT2D eigenvalue weighted by molar-refractivity contribution is 0.0899.